The van der Waals surface area contributed by atoms with Crippen LogP contribution in [0.3, 0.4) is 0 Å². The number of rotatable bonds is 7. The number of nitrogens with zero attached hydrogens (tertiary/aromatic N) is 4. The molecule has 2 rings (SSSR count). The normalized spacial score (nSPS) is 21.0. The fraction of sp³-hybridized carbons (Fsp3) is 0.444. The summed E-state index contributed by atoms with van der Waals surface area (Å²) >= 11 is 0. The Morgan fingerprint density at radius 2 is 2.04 bits per heavy atom. The monoisotopic (exact) mass is 328 g/mol. The summed E-state index contributed by atoms with van der Waals surface area (Å²) in [7, 11) is 3.05. The summed E-state index contributed by atoms with van der Waals surface area (Å²) in [5.74, 6) is 1.48. The molecule has 24 heavy (non-hydrogen) atoms. The molecule has 6 nitrogen and oxygen atoms in total. The van der Waals surface area contributed by atoms with Gasteiger partial charge in [-0.25, -0.2) is 4.98 Å². The van der Waals surface area contributed by atoms with Crippen LogP contribution in [0, 0.1) is 11.8 Å². The van der Waals surface area contributed by atoms with E-state index in [4.69, 9.17) is 9.47 Å². The standard InChI is InChI=1S/C18H24N4O2/c1-7-8-14-9-15(14)11(2)12(3)21-22-13(4)16-10-19-18(24-6)20-17(16)23-5/h7-8,10,14-15H,2,9H2,1,3-6H3/b8-7+,21-12-,22-13+/t14-,15+/m0/s1. The molecule has 1 aromatic rings. The molecule has 1 fully saturated rings. The van der Waals surface area contributed by atoms with Crippen molar-refractivity contribution in [3.05, 3.63) is 36.1 Å². The molecule has 0 N–H and O–H groups in total. The van der Waals surface area contributed by atoms with E-state index in [1.165, 1.54) is 7.11 Å². The van der Waals surface area contributed by atoms with Crippen LogP contribution in [-0.2, 0) is 0 Å². The van der Waals surface area contributed by atoms with Crippen molar-refractivity contribution in [2.45, 2.75) is 27.2 Å². The third kappa shape index (κ3) is 4.07. The van der Waals surface area contributed by atoms with E-state index in [2.05, 4.69) is 38.9 Å². The first-order chi connectivity index (χ1) is 11.5. The summed E-state index contributed by atoms with van der Waals surface area (Å²) in [6.45, 7) is 9.97. The van der Waals surface area contributed by atoms with Gasteiger partial charge in [-0.05, 0) is 44.6 Å². The minimum absolute atomic E-state index is 0.250. The summed E-state index contributed by atoms with van der Waals surface area (Å²) in [6, 6.07) is 0.250. The van der Waals surface area contributed by atoms with Gasteiger partial charge in [0.25, 0.3) is 0 Å². The molecule has 1 heterocycles. The third-order valence-corrected chi connectivity index (χ3v) is 4.04. The highest BCUT2D eigenvalue weighted by molar-refractivity contribution is 6.02. The Morgan fingerprint density at radius 1 is 1.29 bits per heavy atom. The van der Waals surface area contributed by atoms with Crippen molar-refractivity contribution < 1.29 is 9.47 Å². The van der Waals surface area contributed by atoms with Crippen LogP contribution in [-0.4, -0.2) is 35.6 Å². The van der Waals surface area contributed by atoms with E-state index in [9.17, 15) is 0 Å². The molecule has 0 unspecified atom stereocenters. The maximum absolute atomic E-state index is 5.27. The Kier molecular flexibility index (Phi) is 5.84. The predicted molar refractivity (Wildman–Crippen MR) is 96.0 cm³/mol. The average Bonchev–Trinajstić information content (AvgIpc) is 3.37. The van der Waals surface area contributed by atoms with Gasteiger partial charge < -0.3 is 9.47 Å². The van der Waals surface area contributed by atoms with E-state index in [1.54, 1.807) is 13.3 Å². The molecule has 1 aliphatic carbocycles. The molecule has 1 aromatic heterocycles. The largest absolute Gasteiger partial charge is 0.480 e. The van der Waals surface area contributed by atoms with Crippen molar-refractivity contribution in [2.24, 2.45) is 22.0 Å². The van der Waals surface area contributed by atoms with Crippen molar-refractivity contribution in [3.63, 3.8) is 0 Å². The van der Waals surface area contributed by atoms with Crippen molar-refractivity contribution >= 4 is 11.4 Å². The number of allylic oxidation sites excluding steroid dienone is 3. The molecular weight excluding hydrogens is 304 g/mol. The molecule has 0 bridgehead atoms. The fourth-order valence-corrected chi connectivity index (χ4v) is 2.46. The summed E-state index contributed by atoms with van der Waals surface area (Å²) in [6.07, 6.45) is 7.06. The summed E-state index contributed by atoms with van der Waals surface area (Å²) in [4.78, 5) is 8.24. The van der Waals surface area contributed by atoms with Gasteiger partial charge in [0.2, 0.25) is 5.88 Å². The predicted octanol–water partition coefficient (Wildman–Crippen LogP) is 3.45. The van der Waals surface area contributed by atoms with Gasteiger partial charge in [0.15, 0.2) is 0 Å². The van der Waals surface area contributed by atoms with E-state index in [1.807, 2.05) is 20.8 Å². The number of hydrogen-bond donors (Lipinski definition) is 0. The van der Waals surface area contributed by atoms with Crippen molar-refractivity contribution in [3.8, 4) is 11.9 Å². The van der Waals surface area contributed by atoms with E-state index in [0.29, 0.717) is 29.0 Å². The van der Waals surface area contributed by atoms with Crippen LogP contribution in [0.15, 0.2) is 40.7 Å². The minimum Gasteiger partial charge on any atom is -0.480 e. The van der Waals surface area contributed by atoms with Crippen molar-refractivity contribution in [2.75, 3.05) is 14.2 Å². The lowest BCUT2D eigenvalue weighted by atomic mass is 10.1. The lowest BCUT2D eigenvalue weighted by Crippen LogP contribution is -2.05. The van der Waals surface area contributed by atoms with Crippen molar-refractivity contribution in [1.82, 2.24) is 9.97 Å². The summed E-state index contributed by atoms with van der Waals surface area (Å²) in [5.41, 5.74) is 3.24. The molecule has 1 aliphatic rings. The Bertz CT molecular complexity index is 707. The quantitative estimate of drug-likeness (QED) is 0.437. The molecule has 0 aliphatic heterocycles. The average molecular weight is 328 g/mol. The molecule has 1 saturated carbocycles. The van der Waals surface area contributed by atoms with Gasteiger partial charge in [0, 0.05) is 6.20 Å². The minimum atomic E-state index is 0.250. The van der Waals surface area contributed by atoms with Gasteiger partial charge in [0.1, 0.15) is 0 Å². The second-order valence-corrected chi connectivity index (χ2v) is 5.71. The van der Waals surface area contributed by atoms with Crippen LogP contribution in [0.1, 0.15) is 32.8 Å². The molecule has 0 radical (unpaired) electrons. The van der Waals surface area contributed by atoms with Gasteiger partial charge in [0.05, 0.1) is 31.2 Å². The number of aromatic nitrogens is 2. The van der Waals surface area contributed by atoms with Gasteiger partial charge in [-0.15, -0.1) is 0 Å². The second-order valence-electron chi connectivity index (χ2n) is 5.71. The van der Waals surface area contributed by atoms with Gasteiger partial charge in [-0.1, -0.05) is 18.7 Å². The molecule has 2 atom stereocenters. The van der Waals surface area contributed by atoms with E-state index in [-0.39, 0.29) is 6.01 Å². The van der Waals surface area contributed by atoms with Crippen LogP contribution in [0.4, 0.5) is 0 Å². The fourth-order valence-electron chi connectivity index (χ4n) is 2.46. The Morgan fingerprint density at radius 3 is 2.67 bits per heavy atom. The first-order valence-corrected chi connectivity index (χ1v) is 7.88. The molecule has 0 amide bonds. The SMILES string of the molecule is C=C(/C(C)=N\N=C(/C)c1cnc(OC)nc1OC)[C@H]1C[C@@H]1/C=C/C. The zero-order valence-electron chi connectivity index (χ0n) is 14.9. The highest BCUT2D eigenvalue weighted by Crippen LogP contribution is 2.44. The smallest absolute Gasteiger partial charge is 0.319 e. The third-order valence-electron chi connectivity index (χ3n) is 4.04. The Hall–Kier alpha value is -2.50. The van der Waals surface area contributed by atoms with E-state index >= 15 is 0 Å². The molecule has 6 heteroatoms. The zero-order valence-corrected chi connectivity index (χ0v) is 14.9. The molecule has 0 aromatic carbocycles. The Balaban J connectivity index is 2.14. The first-order valence-electron chi connectivity index (χ1n) is 7.88. The number of methoxy groups -OCH3 is 2. The van der Waals surface area contributed by atoms with Crippen LogP contribution < -0.4 is 9.47 Å². The second kappa shape index (κ2) is 7.86. The summed E-state index contributed by atoms with van der Waals surface area (Å²) in [5, 5.41) is 8.60. The summed E-state index contributed by atoms with van der Waals surface area (Å²) < 4.78 is 10.3. The number of ether oxygens (including phenoxy) is 2. The van der Waals surface area contributed by atoms with Crippen LogP contribution >= 0.6 is 0 Å². The van der Waals surface area contributed by atoms with E-state index in [0.717, 1.165) is 17.7 Å². The van der Waals surface area contributed by atoms with Crippen LogP contribution in [0.2, 0.25) is 0 Å². The lowest BCUT2D eigenvalue weighted by Gasteiger charge is -2.07. The highest BCUT2D eigenvalue weighted by Gasteiger charge is 2.37. The highest BCUT2D eigenvalue weighted by atomic mass is 16.5. The van der Waals surface area contributed by atoms with Crippen LogP contribution in [0.5, 0.6) is 11.9 Å². The van der Waals surface area contributed by atoms with Crippen molar-refractivity contribution in [1.29, 1.82) is 0 Å². The van der Waals surface area contributed by atoms with Crippen LogP contribution in [0.25, 0.3) is 0 Å². The van der Waals surface area contributed by atoms with Gasteiger partial charge >= 0.3 is 6.01 Å². The molecule has 0 saturated heterocycles. The zero-order chi connectivity index (χ0) is 17.7. The first kappa shape index (κ1) is 17.8. The maximum Gasteiger partial charge on any atom is 0.319 e. The topological polar surface area (TPSA) is 69.0 Å². The maximum atomic E-state index is 5.27. The van der Waals surface area contributed by atoms with Gasteiger partial charge in [-0.3, -0.25) is 0 Å². The lowest BCUT2D eigenvalue weighted by molar-refractivity contribution is 0.351. The molecular formula is C18H24N4O2. The molecule has 0 spiro atoms. The van der Waals surface area contributed by atoms with E-state index < -0.39 is 0 Å². The van der Waals surface area contributed by atoms with Gasteiger partial charge in [-0.2, -0.15) is 15.2 Å². The number of hydrogen-bond acceptors (Lipinski definition) is 6. The Labute approximate surface area is 143 Å². The molecule has 128 valence electrons.